The molecule has 4 heterocycles. The number of nitrogens with one attached hydrogen (secondary N) is 1. The number of hydrogen-bond acceptors (Lipinski definition) is 7. The summed E-state index contributed by atoms with van der Waals surface area (Å²) in [6.45, 7) is 18.9. The maximum atomic E-state index is 15.3. The van der Waals surface area contributed by atoms with Gasteiger partial charge in [0.2, 0.25) is 5.91 Å². The molecule has 0 bridgehead atoms. The molecule has 1 saturated heterocycles. The number of pyridine rings is 2. The Bertz CT molecular complexity index is 2000. The van der Waals surface area contributed by atoms with E-state index in [2.05, 4.69) is 55.9 Å². The highest BCUT2D eigenvalue weighted by atomic mass is 35.5. The van der Waals surface area contributed by atoms with Crippen molar-refractivity contribution in [2.24, 2.45) is 10.9 Å². The van der Waals surface area contributed by atoms with Gasteiger partial charge in [-0.25, -0.2) is 4.79 Å². The van der Waals surface area contributed by atoms with Crippen LogP contribution in [0, 0.1) is 19.8 Å². The number of ether oxygens (including phenoxy) is 1. The van der Waals surface area contributed by atoms with Gasteiger partial charge in [0.1, 0.15) is 11.6 Å². The molecule has 1 N–H and O–H groups in total. The summed E-state index contributed by atoms with van der Waals surface area (Å²) < 4.78 is 6.30. The SMILES string of the molecule is CCOc1cc(C(C)(C)C)ncc1C1=N[C@@](C)(C2C=CC(Cl)=CC2)[C@@](C)(c2ccc(Cl)cc2)N1C(=O)N1CCN(CC(=O)Nc2ccc(C)nc2C)CC1. The fourth-order valence-electron chi connectivity index (χ4n) is 7.67. The first kappa shape index (κ1) is 39.4. The van der Waals surface area contributed by atoms with E-state index in [0.29, 0.717) is 72.1 Å². The summed E-state index contributed by atoms with van der Waals surface area (Å²) >= 11 is 12.9. The molecule has 1 aliphatic carbocycles. The number of urea groups is 1. The topological polar surface area (TPSA) is 103 Å². The number of hydrogen-bond donors (Lipinski definition) is 1. The molecule has 12 heteroatoms. The monoisotopic (exact) mass is 771 g/mol. The van der Waals surface area contributed by atoms with E-state index in [1.54, 1.807) is 6.20 Å². The maximum absolute atomic E-state index is 15.3. The normalized spacial score (nSPS) is 23.3. The van der Waals surface area contributed by atoms with Gasteiger partial charge >= 0.3 is 6.03 Å². The molecule has 3 amide bonds. The van der Waals surface area contributed by atoms with Gasteiger partial charge in [-0.05, 0) is 76.9 Å². The van der Waals surface area contributed by atoms with Crippen molar-refractivity contribution in [3.63, 3.8) is 0 Å². The molecular weight excluding hydrogens is 721 g/mol. The number of amidine groups is 1. The molecule has 286 valence electrons. The number of anilines is 1. The minimum absolute atomic E-state index is 0.103. The van der Waals surface area contributed by atoms with Crippen molar-refractivity contribution < 1.29 is 14.3 Å². The summed E-state index contributed by atoms with van der Waals surface area (Å²) in [6, 6.07) is 13.2. The van der Waals surface area contributed by atoms with Crippen molar-refractivity contribution in [3.05, 3.63) is 105 Å². The zero-order valence-corrected chi connectivity index (χ0v) is 34.1. The summed E-state index contributed by atoms with van der Waals surface area (Å²) in [7, 11) is 0. The third-order valence-corrected chi connectivity index (χ3v) is 11.6. The van der Waals surface area contributed by atoms with Gasteiger partial charge in [-0.15, -0.1) is 0 Å². The number of carbonyl (C=O) groups excluding carboxylic acids is 2. The Morgan fingerprint density at radius 2 is 1.72 bits per heavy atom. The molecule has 10 nitrogen and oxygen atoms in total. The number of aryl methyl sites for hydroxylation is 2. The summed E-state index contributed by atoms with van der Waals surface area (Å²) in [4.78, 5) is 49.2. The molecule has 1 fully saturated rings. The molecule has 0 radical (unpaired) electrons. The lowest BCUT2D eigenvalue weighted by Gasteiger charge is -2.49. The molecule has 6 rings (SSSR count). The quantitative estimate of drug-likeness (QED) is 0.248. The van der Waals surface area contributed by atoms with Crippen molar-refractivity contribution in [2.75, 3.05) is 44.6 Å². The van der Waals surface area contributed by atoms with Crippen LogP contribution in [0.3, 0.4) is 0 Å². The third kappa shape index (κ3) is 7.66. The van der Waals surface area contributed by atoms with Crippen LogP contribution in [-0.2, 0) is 15.7 Å². The fourth-order valence-corrected chi connectivity index (χ4v) is 7.96. The van der Waals surface area contributed by atoms with Crippen LogP contribution >= 0.6 is 23.2 Å². The summed E-state index contributed by atoms with van der Waals surface area (Å²) in [5, 5.41) is 4.28. The zero-order valence-electron chi connectivity index (χ0n) is 32.5. The second kappa shape index (κ2) is 15.5. The van der Waals surface area contributed by atoms with Gasteiger partial charge in [-0.1, -0.05) is 68.3 Å². The summed E-state index contributed by atoms with van der Waals surface area (Å²) in [6.07, 6.45) is 8.48. The van der Waals surface area contributed by atoms with Gasteiger partial charge in [0.25, 0.3) is 0 Å². The van der Waals surface area contributed by atoms with Crippen LogP contribution in [0.4, 0.5) is 10.5 Å². The Morgan fingerprint density at radius 1 is 1.02 bits per heavy atom. The van der Waals surface area contributed by atoms with E-state index in [4.69, 9.17) is 37.9 Å². The molecular formula is C42H51Cl2N7O3. The smallest absolute Gasteiger partial charge is 0.326 e. The number of carbonyl (C=O) groups is 2. The van der Waals surface area contributed by atoms with Crippen molar-refractivity contribution in [1.82, 2.24) is 24.7 Å². The van der Waals surface area contributed by atoms with E-state index in [1.165, 1.54) is 0 Å². The first-order valence-electron chi connectivity index (χ1n) is 18.6. The number of halogens is 2. The van der Waals surface area contributed by atoms with Crippen LogP contribution in [0.25, 0.3) is 0 Å². The predicted octanol–water partition coefficient (Wildman–Crippen LogP) is 8.25. The van der Waals surface area contributed by atoms with Crippen LogP contribution < -0.4 is 10.1 Å². The number of amides is 3. The number of piperazine rings is 1. The number of aliphatic imine (C=N–C) groups is 1. The average molecular weight is 773 g/mol. The minimum Gasteiger partial charge on any atom is -0.493 e. The fraction of sp³-hybridized carbons (Fsp3) is 0.452. The molecule has 0 saturated carbocycles. The van der Waals surface area contributed by atoms with E-state index < -0.39 is 11.1 Å². The average Bonchev–Trinajstić information content (AvgIpc) is 3.37. The Kier molecular flexibility index (Phi) is 11.3. The molecule has 1 aromatic carbocycles. The van der Waals surface area contributed by atoms with Crippen LogP contribution in [-0.4, -0.2) is 87.3 Å². The molecule has 0 spiro atoms. The Balaban J connectivity index is 1.38. The van der Waals surface area contributed by atoms with Crippen LogP contribution in [0.15, 0.2) is 76.9 Å². The Hall–Kier alpha value is -4.25. The number of allylic oxidation sites excluding steroid dienone is 3. The molecule has 3 aromatic rings. The van der Waals surface area contributed by atoms with Gasteiger partial charge in [-0.3, -0.25) is 29.6 Å². The Morgan fingerprint density at radius 3 is 2.33 bits per heavy atom. The summed E-state index contributed by atoms with van der Waals surface area (Å²) in [5.41, 5.74) is 2.71. The second-order valence-electron chi connectivity index (χ2n) is 15.7. The third-order valence-electron chi connectivity index (χ3n) is 11.0. The van der Waals surface area contributed by atoms with Gasteiger partial charge in [0.15, 0.2) is 0 Å². The lowest BCUT2D eigenvalue weighted by molar-refractivity contribution is -0.117. The van der Waals surface area contributed by atoms with Gasteiger partial charge in [0.05, 0.1) is 41.2 Å². The predicted molar refractivity (Wildman–Crippen MR) is 217 cm³/mol. The van der Waals surface area contributed by atoms with E-state index in [9.17, 15) is 4.79 Å². The lowest BCUT2D eigenvalue weighted by Crippen LogP contribution is -2.63. The Labute approximate surface area is 329 Å². The van der Waals surface area contributed by atoms with Gasteiger partial charge in [-0.2, -0.15) is 0 Å². The maximum Gasteiger partial charge on any atom is 0.326 e. The van der Waals surface area contributed by atoms with E-state index in [1.807, 2.05) is 85.2 Å². The lowest BCUT2D eigenvalue weighted by atomic mass is 9.66. The van der Waals surface area contributed by atoms with Crippen molar-refractivity contribution >= 4 is 46.7 Å². The molecule has 3 aliphatic rings. The molecule has 54 heavy (non-hydrogen) atoms. The number of aromatic nitrogens is 2. The second-order valence-corrected chi connectivity index (χ2v) is 16.6. The molecule has 3 atom stereocenters. The minimum atomic E-state index is -0.986. The first-order chi connectivity index (χ1) is 25.5. The van der Waals surface area contributed by atoms with E-state index in [0.717, 1.165) is 22.6 Å². The van der Waals surface area contributed by atoms with E-state index in [-0.39, 0.29) is 29.8 Å². The van der Waals surface area contributed by atoms with Crippen molar-refractivity contribution in [3.8, 4) is 5.75 Å². The van der Waals surface area contributed by atoms with Gasteiger partial charge < -0.3 is 15.0 Å². The molecule has 2 aliphatic heterocycles. The highest BCUT2D eigenvalue weighted by Gasteiger charge is 2.62. The number of benzene rings is 1. The highest BCUT2D eigenvalue weighted by Crippen LogP contribution is 2.54. The zero-order chi connectivity index (χ0) is 39.0. The highest BCUT2D eigenvalue weighted by molar-refractivity contribution is 6.31. The van der Waals surface area contributed by atoms with Crippen LogP contribution in [0.1, 0.15) is 76.2 Å². The van der Waals surface area contributed by atoms with Crippen molar-refractivity contribution in [2.45, 2.75) is 78.3 Å². The van der Waals surface area contributed by atoms with Crippen LogP contribution in [0.5, 0.6) is 5.75 Å². The molecule has 2 aromatic heterocycles. The largest absolute Gasteiger partial charge is 0.493 e. The number of rotatable bonds is 8. The van der Waals surface area contributed by atoms with Crippen molar-refractivity contribution in [1.29, 1.82) is 0 Å². The van der Waals surface area contributed by atoms with Gasteiger partial charge in [0, 0.05) is 71.2 Å². The summed E-state index contributed by atoms with van der Waals surface area (Å²) in [5.74, 6) is 0.893. The van der Waals surface area contributed by atoms with Crippen LogP contribution in [0.2, 0.25) is 5.02 Å². The molecule has 1 unspecified atom stereocenters. The van der Waals surface area contributed by atoms with E-state index >= 15 is 4.79 Å². The standard InChI is InChI=1S/C42H51Cl2N7O3/c1-9-54-35-24-36(40(4,5)6)45-25-33(35)38-48-41(7,29-11-15-31(43)16-12-29)42(8,30-13-17-32(44)18-14-30)51(38)39(53)50-22-20-49(21-23-50)26-37(52)47-34-19-10-27(2)46-28(34)3/h10-11,13-19,24-25,29H,9,12,20-23,26H2,1-8H3,(H,47,52)/t29?,41-,42+/m0/s1. The number of nitrogens with zero attached hydrogens (tertiary/aromatic N) is 6. The first-order valence-corrected chi connectivity index (χ1v) is 19.4.